The monoisotopic (exact) mass is 464 g/mol. The fourth-order valence-corrected chi connectivity index (χ4v) is 3.93. The molecule has 0 unspecified atom stereocenters. The summed E-state index contributed by atoms with van der Waals surface area (Å²) in [5.74, 6) is 0.361. The molecule has 1 N–H and O–H groups in total. The Morgan fingerprint density at radius 1 is 1.09 bits per heavy atom. The molecule has 4 aromatic rings. The molecule has 0 bridgehead atoms. The highest BCUT2D eigenvalue weighted by molar-refractivity contribution is 6.20. The first-order valence-corrected chi connectivity index (χ1v) is 11.0. The second kappa shape index (κ2) is 10.4. The van der Waals surface area contributed by atoms with Crippen LogP contribution < -0.4 is 10.1 Å². The van der Waals surface area contributed by atoms with E-state index in [4.69, 9.17) is 21.1 Å². The molecule has 4 rings (SSSR count). The van der Waals surface area contributed by atoms with Gasteiger partial charge in [-0.25, -0.2) is 14.5 Å². The first-order valence-electron chi connectivity index (χ1n) is 10.6. The van der Waals surface area contributed by atoms with E-state index in [0.29, 0.717) is 30.0 Å². The van der Waals surface area contributed by atoms with Crippen LogP contribution >= 0.6 is 11.6 Å². The van der Waals surface area contributed by atoms with Crippen molar-refractivity contribution in [1.82, 2.24) is 14.8 Å². The molecule has 170 valence electrons. The normalized spacial score (nSPS) is 11.8. The van der Waals surface area contributed by atoms with Crippen molar-refractivity contribution in [3.05, 3.63) is 83.7 Å². The number of nitrogens with zero attached hydrogens (tertiary/aromatic N) is 3. The molecule has 7 nitrogen and oxygen atoms in total. The molecule has 0 aliphatic rings. The molecule has 2 heterocycles. The van der Waals surface area contributed by atoms with E-state index in [2.05, 4.69) is 15.4 Å². The molecule has 0 aliphatic heterocycles. The molecule has 0 fully saturated rings. The minimum absolute atomic E-state index is 0.261. The van der Waals surface area contributed by atoms with Crippen LogP contribution in [0.5, 0.6) is 5.75 Å². The summed E-state index contributed by atoms with van der Waals surface area (Å²) < 4.78 is 11.9. The number of carbonyl (C=O) groups is 1. The number of nitrogens with one attached hydrogen (secondary N) is 1. The van der Waals surface area contributed by atoms with Gasteiger partial charge in [-0.1, -0.05) is 42.5 Å². The van der Waals surface area contributed by atoms with E-state index in [-0.39, 0.29) is 5.38 Å². The fraction of sp³-hybridized carbons (Fsp3) is 0.240. The van der Waals surface area contributed by atoms with Crippen LogP contribution in [0.2, 0.25) is 0 Å². The summed E-state index contributed by atoms with van der Waals surface area (Å²) >= 11 is 6.63. The van der Waals surface area contributed by atoms with Crippen LogP contribution in [-0.2, 0) is 17.7 Å². The van der Waals surface area contributed by atoms with Gasteiger partial charge in [-0.05, 0) is 29.7 Å². The molecule has 1 atom stereocenters. The van der Waals surface area contributed by atoms with Gasteiger partial charge in [0.05, 0.1) is 43.4 Å². The van der Waals surface area contributed by atoms with E-state index in [0.717, 1.165) is 28.7 Å². The summed E-state index contributed by atoms with van der Waals surface area (Å²) in [5, 5.41) is 8.36. The average molecular weight is 465 g/mol. The lowest BCUT2D eigenvalue weighted by atomic mass is 10.1. The third-order valence-corrected chi connectivity index (χ3v) is 5.83. The van der Waals surface area contributed by atoms with E-state index in [1.165, 1.54) is 13.3 Å². The summed E-state index contributed by atoms with van der Waals surface area (Å²) in [7, 11) is 3.00. The number of hydrogen-bond acceptors (Lipinski definition) is 6. The maximum Gasteiger partial charge on any atom is 0.341 e. The fourth-order valence-electron chi connectivity index (χ4n) is 3.66. The first-order chi connectivity index (χ1) is 16.1. The van der Waals surface area contributed by atoms with Crippen LogP contribution in [0.15, 0.2) is 67.0 Å². The van der Waals surface area contributed by atoms with Crippen molar-refractivity contribution in [1.29, 1.82) is 0 Å². The number of hydrogen-bond donors (Lipinski definition) is 1. The Labute approximate surface area is 197 Å². The minimum Gasteiger partial charge on any atom is -0.497 e. The Morgan fingerprint density at radius 2 is 1.85 bits per heavy atom. The number of ether oxygens (including phenoxy) is 2. The number of carbonyl (C=O) groups excluding carboxylic acids is 1. The van der Waals surface area contributed by atoms with E-state index < -0.39 is 5.97 Å². The Hall–Kier alpha value is -3.58. The topological polar surface area (TPSA) is 78.3 Å². The molecule has 0 saturated carbocycles. The van der Waals surface area contributed by atoms with Crippen molar-refractivity contribution in [2.24, 2.45) is 0 Å². The van der Waals surface area contributed by atoms with Crippen LogP contribution in [0.25, 0.3) is 11.0 Å². The first kappa shape index (κ1) is 22.6. The second-order valence-electron chi connectivity index (χ2n) is 7.51. The molecule has 0 saturated heterocycles. The minimum atomic E-state index is -0.455. The number of esters is 1. The molecular formula is C25H25ClN4O3. The Balaban J connectivity index is 1.58. The van der Waals surface area contributed by atoms with Gasteiger partial charge in [-0.2, -0.15) is 5.10 Å². The summed E-state index contributed by atoms with van der Waals surface area (Å²) in [6.07, 6.45) is 3.99. The van der Waals surface area contributed by atoms with Crippen molar-refractivity contribution >= 4 is 34.3 Å². The van der Waals surface area contributed by atoms with Crippen molar-refractivity contribution in [3.8, 4) is 5.75 Å². The molecule has 0 aliphatic carbocycles. The highest BCUT2D eigenvalue weighted by Gasteiger charge is 2.20. The van der Waals surface area contributed by atoms with E-state index in [9.17, 15) is 4.79 Å². The van der Waals surface area contributed by atoms with Crippen LogP contribution in [0.3, 0.4) is 0 Å². The standard InChI is InChI=1S/C25H25ClN4O3/c1-32-19-10-8-17(9-11-19)12-13-27-23-20-15-29-30(16-22(26)18-6-4-3-5-7-18)24(20)28-14-21(23)25(31)33-2/h3-11,14-15,22H,12-13,16H2,1-2H3,(H,27,28)/t22-/m0/s1. The number of anilines is 1. The van der Waals surface area contributed by atoms with Gasteiger partial charge in [0.1, 0.15) is 11.3 Å². The summed E-state index contributed by atoms with van der Waals surface area (Å²) in [5.41, 5.74) is 3.82. The Morgan fingerprint density at radius 3 is 2.55 bits per heavy atom. The number of pyridine rings is 1. The smallest absolute Gasteiger partial charge is 0.341 e. The lowest BCUT2D eigenvalue weighted by molar-refractivity contribution is 0.0601. The van der Waals surface area contributed by atoms with Crippen molar-refractivity contribution in [2.75, 3.05) is 26.1 Å². The van der Waals surface area contributed by atoms with Crippen LogP contribution in [0.4, 0.5) is 5.69 Å². The molecule has 2 aromatic heterocycles. The predicted octanol–water partition coefficient (Wildman–Crippen LogP) is 4.86. The van der Waals surface area contributed by atoms with Gasteiger partial charge in [0, 0.05) is 12.7 Å². The van der Waals surface area contributed by atoms with Crippen LogP contribution in [-0.4, -0.2) is 41.5 Å². The largest absolute Gasteiger partial charge is 0.497 e. The second-order valence-corrected chi connectivity index (χ2v) is 8.03. The van der Waals surface area contributed by atoms with Crippen molar-refractivity contribution < 1.29 is 14.3 Å². The van der Waals surface area contributed by atoms with Gasteiger partial charge in [0.25, 0.3) is 0 Å². The highest BCUT2D eigenvalue weighted by atomic mass is 35.5. The number of methoxy groups -OCH3 is 2. The van der Waals surface area contributed by atoms with E-state index in [1.54, 1.807) is 18.0 Å². The number of aromatic nitrogens is 3. The average Bonchev–Trinajstić information content (AvgIpc) is 3.27. The molecule has 2 aromatic carbocycles. The number of fused-ring (bicyclic) bond motifs is 1. The lowest BCUT2D eigenvalue weighted by Crippen LogP contribution is -2.12. The predicted molar refractivity (Wildman–Crippen MR) is 129 cm³/mol. The maximum absolute atomic E-state index is 12.4. The van der Waals surface area contributed by atoms with Crippen LogP contribution in [0.1, 0.15) is 26.9 Å². The Bertz CT molecular complexity index is 1230. The van der Waals surface area contributed by atoms with Crippen molar-refractivity contribution in [2.45, 2.75) is 18.3 Å². The quantitative estimate of drug-likeness (QED) is 0.281. The Kier molecular flexibility index (Phi) is 7.10. The molecule has 8 heteroatoms. The zero-order valence-electron chi connectivity index (χ0n) is 18.5. The van der Waals surface area contributed by atoms with Gasteiger partial charge in [-0.3, -0.25) is 0 Å². The van der Waals surface area contributed by atoms with Gasteiger partial charge in [-0.15, -0.1) is 11.6 Å². The highest BCUT2D eigenvalue weighted by Crippen LogP contribution is 2.29. The van der Waals surface area contributed by atoms with Gasteiger partial charge < -0.3 is 14.8 Å². The SMILES string of the molecule is COC(=O)c1cnc2c(cnn2C[C@H](Cl)c2ccccc2)c1NCCc1ccc(OC)cc1. The molecule has 33 heavy (non-hydrogen) atoms. The van der Waals surface area contributed by atoms with E-state index in [1.807, 2.05) is 54.6 Å². The van der Waals surface area contributed by atoms with Gasteiger partial charge in [0.15, 0.2) is 5.65 Å². The number of alkyl halides is 1. The zero-order valence-corrected chi connectivity index (χ0v) is 19.2. The molecule has 0 amide bonds. The number of halogens is 1. The summed E-state index contributed by atoms with van der Waals surface area (Å²) in [4.78, 5) is 16.9. The third kappa shape index (κ3) is 5.09. The summed E-state index contributed by atoms with van der Waals surface area (Å²) in [6.45, 7) is 1.06. The molecule has 0 spiro atoms. The third-order valence-electron chi connectivity index (χ3n) is 5.44. The van der Waals surface area contributed by atoms with Gasteiger partial charge >= 0.3 is 5.97 Å². The van der Waals surface area contributed by atoms with E-state index >= 15 is 0 Å². The molecular weight excluding hydrogens is 440 g/mol. The van der Waals surface area contributed by atoms with Crippen LogP contribution in [0, 0.1) is 0 Å². The lowest BCUT2D eigenvalue weighted by Gasteiger charge is -2.13. The van der Waals surface area contributed by atoms with Crippen molar-refractivity contribution in [3.63, 3.8) is 0 Å². The summed E-state index contributed by atoms with van der Waals surface area (Å²) in [6, 6.07) is 17.7. The number of benzene rings is 2. The van der Waals surface area contributed by atoms with Gasteiger partial charge in [0.2, 0.25) is 0 Å². The number of rotatable bonds is 9. The zero-order chi connectivity index (χ0) is 23.2. The maximum atomic E-state index is 12.4. The molecule has 0 radical (unpaired) electrons.